The molecule has 0 bridgehead atoms. The maximum atomic E-state index is 5.56. The number of unbranched alkanes of at least 4 members (excludes halogenated alkanes) is 1. The maximum absolute atomic E-state index is 5.56. The van der Waals surface area contributed by atoms with Gasteiger partial charge in [-0.2, -0.15) is 0 Å². The van der Waals surface area contributed by atoms with Crippen LogP contribution in [0.2, 0.25) is 0 Å². The van der Waals surface area contributed by atoms with Crippen molar-refractivity contribution in [1.29, 1.82) is 0 Å². The summed E-state index contributed by atoms with van der Waals surface area (Å²) in [4.78, 5) is 8.77. The normalized spacial score (nSPS) is 11.7. The number of nitrogens with zero attached hydrogens (tertiary/aromatic N) is 2. The smallest absolute Gasteiger partial charge is 0.190 e. The molecule has 136 valence electrons. The number of aliphatic imine (C=N–C) groups is 1. The molecule has 2 rings (SSSR count). The van der Waals surface area contributed by atoms with E-state index in [1.165, 1.54) is 17.4 Å². The molecule has 0 fully saturated rings. The van der Waals surface area contributed by atoms with Gasteiger partial charge in [-0.3, -0.25) is 9.98 Å². The lowest BCUT2D eigenvalue weighted by Gasteiger charge is -2.12. The Kier molecular flexibility index (Phi) is 8.77. The summed E-state index contributed by atoms with van der Waals surface area (Å²) < 4.78 is 5.56. The summed E-state index contributed by atoms with van der Waals surface area (Å²) in [6.07, 6.45) is 6.07. The lowest BCUT2D eigenvalue weighted by atomic mass is 10.1. The average Bonchev–Trinajstić information content (AvgIpc) is 2.66. The fraction of sp³-hybridized carbons (Fsp3) is 0.500. The Morgan fingerprint density at radius 1 is 1.08 bits per heavy atom. The molecule has 1 aromatic heterocycles. The minimum atomic E-state index is 0.797. The van der Waals surface area contributed by atoms with E-state index in [-0.39, 0.29) is 0 Å². The van der Waals surface area contributed by atoms with Gasteiger partial charge < -0.3 is 15.4 Å². The summed E-state index contributed by atoms with van der Waals surface area (Å²) in [5.74, 6) is 0.835. The number of hydrogen-bond donors (Lipinski definition) is 2. The Labute approximate surface area is 150 Å². The van der Waals surface area contributed by atoms with Gasteiger partial charge in [0, 0.05) is 44.9 Å². The van der Waals surface area contributed by atoms with Gasteiger partial charge in [0.25, 0.3) is 0 Å². The van der Waals surface area contributed by atoms with Gasteiger partial charge in [0.15, 0.2) is 5.96 Å². The van der Waals surface area contributed by atoms with E-state index >= 15 is 0 Å². The Balaban J connectivity index is 1.69. The van der Waals surface area contributed by atoms with Crippen LogP contribution in [0, 0.1) is 0 Å². The summed E-state index contributed by atoms with van der Waals surface area (Å²) in [5.41, 5.74) is 2.34. The number of fused-ring (bicyclic) bond motifs is 1. The lowest BCUT2D eigenvalue weighted by Crippen LogP contribution is -2.39. The van der Waals surface area contributed by atoms with E-state index in [2.05, 4.69) is 51.8 Å². The number of pyridine rings is 1. The van der Waals surface area contributed by atoms with Crippen molar-refractivity contribution in [2.75, 3.05) is 33.4 Å². The Bertz CT molecular complexity index is 652. The molecule has 0 radical (unpaired) electrons. The number of aromatic nitrogens is 1. The van der Waals surface area contributed by atoms with Crippen molar-refractivity contribution < 1.29 is 4.74 Å². The van der Waals surface area contributed by atoms with Gasteiger partial charge in [0.1, 0.15) is 0 Å². The van der Waals surface area contributed by atoms with Crippen molar-refractivity contribution in [2.45, 2.75) is 32.6 Å². The zero-order valence-electron chi connectivity index (χ0n) is 15.4. The van der Waals surface area contributed by atoms with Crippen molar-refractivity contribution in [3.8, 4) is 0 Å². The highest BCUT2D eigenvalue weighted by molar-refractivity contribution is 5.82. The third kappa shape index (κ3) is 6.70. The zero-order valence-corrected chi connectivity index (χ0v) is 15.4. The Morgan fingerprint density at radius 2 is 1.88 bits per heavy atom. The number of guanidine groups is 1. The highest BCUT2D eigenvalue weighted by atomic mass is 16.5. The predicted molar refractivity (Wildman–Crippen MR) is 105 cm³/mol. The topological polar surface area (TPSA) is 58.5 Å². The number of rotatable bonds is 10. The van der Waals surface area contributed by atoms with E-state index in [1.54, 1.807) is 7.05 Å². The highest BCUT2D eigenvalue weighted by Crippen LogP contribution is 2.15. The molecule has 0 spiro atoms. The molecule has 1 aromatic carbocycles. The second-order valence-electron chi connectivity index (χ2n) is 5.99. The fourth-order valence-corrected chi connectivity index (χ4v) is 2.63. The number of hydrogen-bond acceptors (Lipinski definition) is 3. The van der Waals surface area contributed by atoms with Crippen LogP contribution in [0.1, 0.15) is 31.7 Å². The van der Waals surface area contributed by atoms with Gasteiger partial charge in [-0.15, -0.1) is 0 Å². The van der Waals surface area contributed by atoms with Crippen molar-refractivity contribution in [3.05, 3.63) is 42.1 Å². The lowest BCUT2D eigenvalue weighted by molar-refractivity contribution is 0.129. The first-order valence-electron chi connectivity index (χ1n) is 9.20. The first-order valence-corrected chi connectivity index (χ1v) is 9.20. The van der Waals surface area contributed by atoms with Crippen LogP contribution < -0.4 is 10.6 Å². The molecule has 2 aromatic rings. The second kappa shape index (κ2) is 11.4. The third-order valence-electron chi connectivity index (χ3n) is 4.03. The first kappa shape index (κ1) is 19.2. The van der Waals surface area contributed by atoms with Crippen molar-refractivity contribution >= 4 is 16.9 Å². The SMILES string of the molecule is CCCCOCCCNC(=NC)NCCc1cccc2cccnc12. The van der Waals surface area contributed by atoms with Crippen LogP contribution in [0.25, 0.3) is 10.9 Å². The van der Waals surface area contributed by atoms with Gasteiger partial charge in [-0.05, 0) is 30.9 Å². The number of para-hydroxylation sites is 1. The minimum Gasteiger partial charge on any atom is -0.381 e. The molecule has 0 aliphatic rings. The Morgan fingerprint density at radius 3 is 2.72 bits per heavy atom. The van der Waals surface area contributed by atoms with Gasteiger partial charge in [0.05, 0.1) is 5.52 Å². The van der Waals surface area contributed by atoms with E-state index in [9.17, 15) is 0 Å². The molecule has 0 saturated heterocycles. The van der Waals surface area contributed by atoms with Crippen molar-refractivity contribution in [3.63, 3.8) is 0 Å². The van der Waals surface area contributed by atoms with Gasteiger partial charge >= 0.3 is 0 Å². The van der Waals surface area contributed by atoms with E-state index in [1.807, 2.05) is 12.3 Å². The molecule has 1 heterocycles. The third-order valence-corrected chi connectivity index (χ3v) is 4.03. The number of benzene rings is 1. The summed E-state index contributed by atoms with van der Waals surface area (Å²) >= 11 is 0. The van der Waals surface area contributed by atoms with Crippen LogP contribution in [0.15, 0.2) is 41.5 Å². The van der Waals surface area contributed by atoms with Crippen LogP contribution in [-0.2, 0) is 11.2 Å². The predicted octanol–water partition coefficient (Wildman–Crippen LogP) is 3.15. The molecule has 5 nitrogen and oxygen atoms in total. The molecule has 0 aliphatic heterocycles. The van der Waals surface area contributed by atoms with E-state index in [0.29, 0.717) is 0 Å². The largest absolute Gasteiger partial charge is 0.381 e. The molecule has 2 N–H and O–H groups in total. The standard InChI is InChI=1S/C20H30N4O/c1-3-4-15-25-16-7-13-23-20(21-2)24-14-11-18-9-5-8-17-10-6-12-22-19(17)18/h5-6,8-10,12H,3-4,7,11,13-16H2,1-2H3,(H2,21,23,24). The van der Waals surface area contributed by atoms with Crippen molar-refractivity contribution in [1.82, 2.24) is 15.6 Å². The first-order chi connectivity index (χ1) is 12.3. The summed E-state index contributed by atoms with van der Waals surface area (Å²) in [5, 5.41) is 7.88. The molecule has 0 atom stereocenters. The fourth-order valence-electron chi connectivity index (χ4n) is 2.63. The summed E-state index contributed by atoms with van der Waals surface area (Å²) in [6, 6.07) is 10.4. The maximum Gasteiger partial charge on any atom is 0.190 e. The Hall–Kier alpha value is -2.14. The molecule has 0 aliphatic carbocycles. The van der Waals surface area contributed by atoms with Gasteiger partial charge in [0.2, 0.25) is 0 Å². The van der Waals surface area contributed by atoms with Crippen LogP contribution in [0.3, 0.4) is 0 Å². The number of nitrogens with one attached hydrogen (secondary N) is 2. The van der Waals surface area contributed by atoms with E-state index < -0.39 is 0 Å². The minimum absolute atomic E-state index is 0.797. The molecule has 0 amide bonds. The molecular weight excluding hydrogens is 312 g/mol. The molecule has 5 heteroatoms. The summed E-state index contributed by atoms with van der Waals surface area (Å²) in [7, 11) is 1.80. The molecule has 0 saturated carbocycles. The quantitative estimate of drug-likeness (QED) is 0.396. The monoisotopic (exact) mass is 342 g/mol. The van der Waals surface area contributed by atoms with Crippen LogP contribution in [-0.4, -0.2) is 44.3 Å². The van der Waals surface area contributed by atoms with Crippen molar-refractivity contribution in [2.24, 2.45) is 4.99 Å². The molecule has 25 heavy (non-hydrogen) atoms. The van der Waals surface area contributed by atoms with Crippen LogP contribution in [0.4, 0.5) is 0 Å². The van der Waals surface area contributed by atoms with Crippen LogP contribution >= 0.6 is 0 Å². The molecular formula is C20H30N4O. The van der Waals surface area contributed by atoms with Gasteiger partial charge in [-0.25, -0.2) is 0 Å². The van der Waals surface area contributed by atoms with E-state index in [0.717, 1.165) is 57.0 Å². The second-order valence-corrected chi connectivity index (χ2v) is 5.99. The van der Waals surface area contributed by atoms with E-state index in [4.69, 9.17) is 4.74 Å². The zero-order chi connectivity index (χ0) is 17.7. The van der Waals surface area contributed by atoms with Gasteiger partial charge in [-0.1, -0.05) is 37.6 Å². The molecule has 0 unspecified atom stereocenters. The number of ether oxygens (including phenoxy) is 1. The van der Waals surface area contributed by atoms with Crippen LogP contribution in [0.5, 0.6) is 0 Å². The highest BCUT2D eigenvalue weighted by Gasteiger charge is 2.02. The average molecular weight is 342 g/mol. The summed E-state index contributed by atoms with van der Waals surface area (Å²) in [6.45, 7) is 5.52.